The third kappa shape index (κ3) is 2.23. The van der Waals surface area contributed by atoms with Crippen LogP contribution in [0.4, 0.5) is 4.79 Å². The quantitative estimate of drug-likeness (QED) is 0.609. The predicted octanol–water partition coefficient (Wildman–Crippen LogP) is 1.71. The highest BCUT2D eigenvalue weighted by Gasteiger charge is 2.27. The van der Waals surface area contributed by atoms with Gasteiger partial charge in [-0.3, -0.25) is 0 Å². The van der Waals surface area contributed by atoms with E-state index in [9.17, 15) is 4.79 Å². The molecule has 0 bridgehead atoms. The molecule has 1 aliphatic heterocycles. The Morgan fingerprint density at radius 2 is 2.23 bits per heavy atom. The zero-order valence-electron chi connectivity index (χ0n) is 8.66. The largest absolute Gasteiger partial charge is 0.326 e. The summed E-state index contributed by atoms with van der Waals surface area (Å²) in [5.74, 6) is 0. The molecule has 0 aliphatic carbocycles. The Balaban J connectivity index is 2.53. The highest BCUT2D eigenvalue weighted by molar-refractivity contribution is 5.76. The fourth-order valence-electron chi connectivity index (χ4n) is 1.48. The van der Waals surface area contributed by atoms with Gasteiger partial charge in [-0.25, -0.2) is 4.79 Å². The average Bonchev–Trinajstić information content (AvgIpc) is 2.44. The van der Waals surface area contributed by atoms with Gasteiger partial charge in [0.1, 0.15) is 0 Å². The van der Waals surface area contributed by atoms with E-state index in [0.717, 1.165) is 19.5 Å². The molecule has 1 atom stereocenters. The fraction of sp³-hybridized carbons (Fsp3) is 0.700. The number of carbonyl (C=O) groups is 1. The molecule has 1 rings (SSSR count). The van der Waals surface area contributed by atoms with Gasteiger partial charge in [0, 0.05) is 26.2 Å². The Morgan fingerprint density at radius 3 is 2.69 bits per heavy atom. The molecule has 0 saturated carbocycles. The van der Waals surface area contributed by atoms with E-state index in [4.69, 9.17) is 0 Å². The molecular formula is C10H18N2O. The smallest absolute Gasteiger partial charge is 0.320 e. The predicted molar refractivity (Wildman–Crippen MR) is 53.6 cm³/mol. The van der Waals surface area contributed by atoms with Crippen molar-refractivity contribution in [2.45, 2.75) is 26.3 Å². The number of likely N-dealkylation sites (N-methyl/N-ethyl adjacent to an activating group) is 1. The maximum atomic E-state index is 11.5. The molecule has 0 aromatic carbocycles. The molecule has 1 aliphatic rings. The molecule has 0 aromatic heterocycles. The zero-order chi connectivity index (χ0) is 9.84. The molecule has 0 aromatic rings. The van der Waals surface area contributed by atoms with Crippen LogP contribution in [0.2, 0.25) is 0 Å². The number of hydrogen-bond donors (Lipinski definition) is 0. The zero-order valence-corrected chi connectivity index (χ0v) is 8.66. The van der Waals surface area contributed by atoms with E-state index >= 15 is 0 Å². The van der Waals surface area contributed by atoms with Crippen LogP contribution in [0.5, 0.6) is 0 Å². The number of hydrogen-bond acceptors (Lipinski definition) is 1. The minimum atomic E-state index is 0.147. The topological polar surface area (TPSA) is 23.6 Å². The lowest BCUT2D eigenvalue weighted by atomic mass is 10.2. The minimum absolute atomic E-state index is 0.147. The summed E-state index contributed by atoms with van der Waals surface area (Å²) in [6, 6.07) is 0.380. The Bertz CT molecular complexity index is 213. The third-order valence-electron chi connectivity index (χ3n) is 2.39. The van der Waals surface area contributed by atoms with E-state index in [-0.39, 0.29) is 12.1 Å². The number of nitrogens with zero attached hydrogens (tertiary/aromatic N) is 2. The SMILES string of the molecule is CC/C=C/[C@H](C)N1CCN(C)C1=O. The summed E-state index contributed by atoms with van der Waals surface area (Å²) in [5.41, 5.74) is 0. The molecule has 1 fully saturated rings. The Morgan fingerprint density at radius 1 is 1.54 bits per heavy atom. The number of allylic oxidation sites excluding steroid dienone is 1. The van der Waals surface area contributed by atoms with Crippen molar-refractivity contribution in [3.8, 4) is 0 Å². The standard InChI is InChI=1S/C10H18N2O/c1-4-5-6-9(2)12-8-7-11(3)10(12)13/h5-6,9H,4,7-8H2,1-3H3/b6-5+/t9-/m0/s1. The van der Waals surface area contributed by atoms with Crippen LogP contribution in [0.15, 0.2) is 12.2 Å². The minimum Gasteiger partial charge on any atom is -0.326 e. The summed E-state index contributed by atoms with van der Waals surface area (Å²) in [4.78, 5) is 15.2. The van der Waals surface area contributed by atoms with Crippen molar-refractivity contribution in [1.29, 1.82) is 0 Å². The van der Waals surface area contributed by atoms with Crippen LogP contribution < -0.4 is 0 Å². The first-order valence-corrected chi connectivity index (χ1v) is 4.85. The maximum Gasteiger partial charge on any atom is 0.320 e. The van der Waals surface area contributed by atoms with Crippen molar-refractivity contribution in [2.24, 2.45) is 0 Å². The average molecular weight is 182 g/mol. The van der Waals surface area contributed by atoms with E-state index in [1.165, 1.54) is 0 Å². The van der Waals surface area contributed by atoms with Crippen LogP contribution in [0, 0.1) is 0 Å². The van der Waals surface area contributed by atoms with Gasteiger partial charge in [0.05, 0.1) is 0 Å². The maximum absolute atomic E-state index is 11.5. The lowest BCUT2D eigenvalue weighted by molar-refractivity contribution is 0.193. The first kappa shape index (κ1) is 10.1. The van der Waals surface area contributed by atoms with E-state index in [1.807, 2.05) is 11.9 Å². The van der Waals surface area contributed by atoms with Crippen LogP contribution in [0.1, 0.15) is 20.3 Å². The Labute approximate surface area is 80.0 Å². The number of urea groups is 1. The van der Waals surface area contributed by atoms with Crippen LogP contribution in [-0.2, 0) is 0 Å². The molecule has 74 valence electrons. The van der Waals surface area contributed by atoms with Crippen molar-refractivity contribution >= 4 is 6.03 Å². The highest BCUT2D eigenvalue weighted by Crippen LogP contribution is 2.11. The van der Waals surface area contributed by atoms with Crippen molar-refractivity contribution < 1.29 is 4.79 Å². The monoisotopic (exact) mass is 182 g/mol. The molecular weight excluding hydrogens is 164 g/mol. The Kier molecular flexibility index (Phi) is 3.34. The molecule has 1 saturated heterocycles. The summed E-state index contributed by atoms with van der Waals surface area (Å²) in [7, 11) is 1.85. The molecule has 3 heteroatoms. The Hall–Kier alpha value is -0.990. The summed E-state index contributed by atoms with van der Waals surface area (Å²) < 4.78 is 0. The first-order chi connectivity index (χ1) is 6.16. The van der Waals surface area contributed by atoms with Crippen LogP contribution in [0.25, 0.3) is 0 Å². The molecule has 2 amide bonds. The van der Waals surface area contributed by atoms with Crippen molar-refractivity contribution in [1.82, 2.24) is 9.80 Å². The second-order valence-corrected chi connectivity index (χ2v) is 3.47. The first-order valence-electron chi connectivity index (χ1n) is 4.85. The molecule has 1 heterocycles. The van der Waals surface area contributed by atoms with Crippen LogP contribution >= 0.6 is 0 Å². The second kappa shape index (κ2) is 4.30. The van der Waals surface area contributed by atoms with E-state index in [2.05, 4.69) is 26.0 Å². The molecule has 0 N–H and O–H groups in total. The van der Waals surface area contributed by atoms with Gasteiger partial charge in [-0.15, -0.1) is 0 Å². The number of carbonyl (C=O) groups excluding carboxylic acids is 1. The summed E-state index contributed by atoms with van der Waals surface area (Å²) in [6.45, 7) is 5.86. The van der Waals surface area contributed by atoms with E-state index in [1.54, 1.807) is 4.90 Å². The molecule has 0 spiro atoms. The lowest BCUT2D eigenvalue weighted by Crippen LogP contribution is -2.35. The van der Waals surface area contributed by atoms with Crippen LogP contribution in [0.3, 0.4) is 0 Å². The third-order valence-corrected chi connectivity index (χ3v) is 2.39. The fourth-order valence-corrected chi connectivity index (χ4v) is 1.48. The van der Waals surface area contributed by atoms with Gasteiger partial charge >= 0.3 is 6.03 Å². The number of amides is 2. The molecule has 0 unspecified atom stereocenters. The highest BCUT2D eigenvalue weighted by atomic mass is 16.2. The normalized spacial score (nSPS) is 20.4. The number of rotatable bonds is 3. The summed E-state index contributed by atoms with van der Waals surface area (Å²) in [6.07, 6.45) is 5.23. The van der Waals surface area contributed by atoms with E-state index in [0.29, 0.717) is 0 Å². The van der Waals surface area contributed by atoms with Gasteiger partial charge in [0.2, 0.25) is 0 Å². The van der Waals surface area contributed by atoms with E-state index < -0.39 is 0 Å². The van der Waals surface area contributed by atoms with Crippen LogP contribution in [-0.4, -0.2) is 42.0 Å². The second-order valence-electron chi connectivity index (χ2n) is 3.47. The van der Waals surface area contributed by atoms with Crippen molar-refractivity contribution in [3.63, 3.8) is 0 Å². The van der Waals surface area contributed by atoms with Gasteiger partial charge < -0.3 is 9.80 Å². The summed E-state index contributed by atoms with van der Waals surface area (Å²) >= 11 is 0. The molecule has 13 heavy (non-hydrogen) atoms. The van der Waals surface area contributed by atoms with Gasteiger partial charge in [0.15, 0.2) is 0 Å². The van der Waals surface area contributed by atoms with Crippen molar-refractivity contribution in [2.75, 3.05) is 20.1 Å². The molecule has 3 nitrogen and oxygen atoms in total. The summed E-state index contributed by atoms with van der Waals surface area (Å²) in [5, 5.41) is 0. The van der Waals surface area contributed by atoms with Gasteiger partial charge in [-0.2, -0.15) is 0 Å². The van der Waals surface area contributed by atoms with Gasteiger partial charge in [-0.05, 0) is 13.3 Å². The molecule has 0 radical (unpaired) electrons. The van der Waals surface area contributed by atoms with Crippen molar-refractivity contribution in [3.05, 3.63) is 12.2 Å². The lowest BCUT2D eigenvalue weighted by Gasteiger charge is -2.20. The van der Waals surface area contributed by atoms with Gasteiger partial charge in [0.25, 0.3) is 0 Å². The van der Waals surface area contributed by atoms with Gasteiger partial charge in [-0.1, -0.05) is 19.1 Å².